The highest BCUT2D eigenvalue weighted by Crippen LogP contribution is 2.35. The van der Waals surface area contributed by atoms with E-state index in [2.05, 4.69) is 16.0 Å². The fourth-order valence-corrected chi connectivity index (χ4v) is 4.41. The van der Waals surface area contributed by atoms with Crippen molar-refractivity contribution in [3.05, 3.63) is 117 Å². The molecular formula is C31H29Cl2N5O2. The molecule has 0 aliphatic rings. The number of hydrogen-bond donors (Lipinski definition) is 5. The summed E-state index contributed by atoms with van der Waals surface area (Å²) >= 11 is 13.2. The Kier molecular flexibility index (Phi) is 8.67. The summed E-state index contributed by atoms with van der Waals surface area (Å²) in [7, 11) is 0. The highest BCUT2D eigenvalue weighted by Gasteiger charge is 2.15. The third-order valence-corrected chi connectivity index (χ3v) is 7.05. The van der Waals surface area contributed by atoms with Gasteiger partial charge >= 0.3 is 0 Å². The van der Waals surface area contributed by atoms with E-state index in [0.717, 1.165) is 28.1 Å². The van der Waals surface area contributed by atoms with Gasteiger partial charge in [-0.2, -0.15) is 0 Å². The normalized spacial score (nSPS) is 10.5. The summed E-state index contributed by atoms with van der Waals surface area (Å²) in [6, 6.07) is 22.3. The van der Waals surface area contributed by atoms with Crippen molar-refractivity contribution >= 4 is 69.2 Å². The lowest BCUT2D eigenvalue weighted by Crippen LogP contribution is -2.13. The molecule has 4 aromatic rings. The molecule has 0 saturated heterocycles. The number of amides is 2. The van der Waals surface area contributed by atoms with E-state index in [-0.39, 0.29) is 11.8 Å². The molecule has 0 spiro atoms. The Morgan fingerprint density at radius 2 is 1.07 bits per heavy atom. The number of halogens is 2. The second-order valence-electron chi connectivity index (χ2n) is 9.45. The predicted molar refractivity (Wildman–Crippen MR) is 167 cm³/mol. The van der Waals surface area contributed by atoms with Crippen molar-refractivity contribution in [1.82, 2.24) is 0 Å². The van der Waals surface area contributed by atoms with Crippen molar-refractivity contribution in [3.63, 3.8) is 0 Å². The van der Waals surface area contributed by atoms with Crippen molar-refractivity contribution < 1.29 is 9.59 Å². The Balaban J connectivity index is 1.52. The minimum absolute atomic E-state index is 0.287. The summed E-state index contributed by atoms with van der Waals surface area (Å²) in [6.45, 7) is 5.82. The SMILES string of the molecule is CC(C)=C(Nc1ccc(NC(=O)c2ccc(N)cc2)c(Cl)c1C)c1ccc(NC(=O)c2ccc(N)cc2)c(Cl)c1. The summed E-state index contributed by atoms with van der Waals surface area (Å²) in [6.07, 6.45) is 0. The van der Waals surface area contributed by atoms with Gasteiger partial charge in [-0.1, -0.05) is 34.8 Å². The van der Waals surface area contributed by atoms with Crippen LogP contribution < -0.4 is 27.4 Å². The van der Waals surface area contributed by atoms with Crippen LogP contribution in [0.2, 0.25) is 10.0 Å². The van der Waals surface area contributed by atoms with Gasteiger partial charge in [0.15, 0.2) is 0 Å². The highest BCUT2D eigenvalue weighted by atomic mass is 35.5. The molecule has 40 heavy (non-hydrogen) atoms. The average Bonchev–Trinajstić information content (AvgIpc) is 2.92. The molecule has 9 heteroatoms. The molecule has 0 atom stereocenters. The van der Waals surface area contributed by atoms with Crippen LogP contribution in [0, 0.1) is 6.92 Å². The minimum Gasteiger partial charge on any atom is -0.399 e. The molecule has 4 aromatic carbocycles. The lowest BCUT2D eigenvalue weighted by atomic mass is 10.1. The molecular weight excluding hydrogens is 545 g/mol. The van der Waals surface area contributed by atoms with Gasteiger partial charge in [0.05, 0.1) is 21.4 Å². The number of allylic oxidation sites excluding steroid dienone is 1. The Bertz CT molecular complexity index is 1610. The molecule has 0 radical (unpaired) electrons. The van der Waals surface area contributed by atoms with Crippen molar-refractivity contribution in [3.8, 4) is 0 Å². The van der Waals surface area contributed by atoms with E-state index in [1.807, 2.05) is 32.9 Å². The van der Waals surface area contributed by atoms with Gasteiger partial charge in [0.1, 0.15) is 0 Å². The third kappa shape index (κ3) is 6.57. The number of rotatable bonds is 7. The van der Waals surface area contributed by atoms with E-state index in [4.69, 9.17) is 34.7 Å². The molecule has 0 unspecified atom stereocenters. The van der Waals surface area contributed by atoms with Crippen LogP contribution in [-0.4, -0.2) is 11.8 Å². The van der Waals surface area contributed by atoms with Crippen LogP contribution in [0.25, 0.3) is 5.70 Å². The minimum atomic E-state index is -0.288. The molecule has 0 fully saturated rings. The topological polar surface area (TPSA) is 122 Å². The van der Waals surface area contributed by atoms with E-state index in [0.29, 0.717) is 43.9 Å². The van der Waals surface area contributed by atoms with Crippen LogP contribution >= 0.6 is 23.2 Å². The summed E-state index contributed by atoms with van der Waals surface area (Å²) in [5, 5.41) is 9.95. The molecule has 0 aliphatic carbocycles. The second-order valence-corrected chi connectivity index (χ2v) is 10.2. The number of nitrogen functional groups attached to an aromatic ring is 2. The summed E-state index contributed by atoms with van der Waals surface area (Å²) in [4.78, 5) is 25.3. The van der Waals surface area contributed by atoms with Crippen molar-refractivity contribution in [1.29, 1.82) is 0 Å². The molecule has 0 saturated carbocycles. The first-order valence-electron chi connectivity index (χ1n) is 12.4. The van der Waals surface area contributed by atoms with Gasteiger partial charge in [-0.3, -0.25) is 9.59 Å². The number of nitrogens with two attached hydrogens (primary N) is 2. The fraction of sp³-hybridized carbons (Fsp3) is 0.0968. The second kappa shape index (κ2) is 12.2. The van der Waals surface area contributed by atoms with E-state index in [1.54, 1.807) is 66.7 Å². The zero-order valence-electron chi connectivity index (χ0n) is 22.2. The monoisotopic (exact) mass is 573 g/mol. The van der Waals surface area contributed by atoms with E-state index >= 15 is 0 Å². The Morgan fingerprint density at radius 1 is 0.625 bits per heavy atom. The average molecular weight is 575 g/mol. The molecule has 7 N–H and O–H groups in total. The highest BCUT2D eigenvalue weighted by molar-refractivity contribution is 6.35. The van der Waals surface area contributed by atoms with Gasteiger partial charge in [0, 0.05) is 33.9 Å². The Morgan fingerprint density at radius 3 is 1.57 bits per heavy atom. The van der Waals surface area contributed by atoms with Crippen molar-refractivity contribution in [2.45, 2.75) is 20.8 Å². The number of benzene rings is 4. The van der Waals surface area contributed by atoms with Gasteiger partial charge in [-0.25, -0.2) is 0 Å². The number of hydrogen-bond acceptors (Lipinski definition) is 5. The summed E-state index contributed by atoms with van der Waals surface area (Å²) in [5.41, 5.74) is 18.7. The molecule has 0 aliphatic heterocycles. The van der Waals surface area contributed by atoms with E-state index in [1.165, 1.54) is 0 Å². The van der Waals surface area contributed by atoms with Gasteiger partial charge in [0.2, 0.25) is 0 Å². The predicted octanol–water partition coefficient (Wildman–Crippen LogP) is 7.83. The maximum atomic E-state index is 12.7. The van der Waals surface area contributed by atoms with Crippen LogP contribution in [0.3, 0.4) is 0 Å². The van der Waals surface area contributed by atoms with Crippen LogP contribution in [-0.2, 0) is 0 Å². The zero-order valence-corrected chi connectivity index (χ0v) is 23.7. The van der Waals surface area contributed by atoms with Crippen molar-refractivity contribution in [2.75, 3.05) is 27.4 Å². The lowest BCUT2D eigenvalue weighted by Gasteiger charge is -2.19. The maximum Gasteiger partial charge on any atom is 0.255 e. The van der Waals surface area contributed by atoms with Gasteiger partial charge in [-0.15, -0.1) is 0 Å². The first-order chi connectivity index (χ1) is 19.0. The van der Waals surface area contributed by atoms with Crippen LogP contribution in [0.1, 0.15) is 45.7 Å². The van der Waals surface area contributed by atoms with E-state index in [9.17, 15) is 9.59 Å². The largest absolute Gasteiger partial charge is 0.399 e. The molecule has 0 bridgehead atoms. The number of nitrogens with one attached hydrogen (secondary N) is 3. The van der Waals surface area contributed by atoms with Gasteiger partial charge in [-0.05, 0) is 105 Å². The number of carbonyl (C=O) groups is 2. The summed E-state index contributed by atoms with van der Waals surface area (Å²) in [5.74, 6) is -0.575. The van der Waals surface area contributed by atoms with Crippen LogP contribution in [0.15, 0.2) is 84.4 Å². The fourth-order valence-electron chi connectivity index (χ4n) is 3.97. The molecule has 0 aromatic heterocycles. The van der Waals surface area contributed by atoms with Crippen LogP contribution in [0.5, 0.6) is 0 Å². The third-order valence-electron chi connectivity index (χ3n) is 6.25. The molecule has 2 amide bonds. The van der Waals surface area contributed by atoms with Gasteiger partial charge < -0.3 is 27.4 Å². The maximum absolute atomic E-state index is 12.7. The first kappa shape index (κ1) is 28.5. The number of carbonyl (C=O) groups excluding carboxylic acids is 2. The van der Waals surface area contributed by atoms with E-state index < -0.39 is 0 Å². The Labute approximate surface area is 243 Å². The molecule has 204 valence electrons. The quantitative estimate of drug-likeness (QED) is 0.144. The molecule has 7 nitrogen and oxygen atoms in total. The number of anilines is 5. The standard InChI is InChI=1S/C31H29Cl2N5O2/c1-17(2)29(21-8-13-26(24(32)16-21)37-30(39)19-4-9-22(34)10-5-19)36-25-14-15-27(28(33)18(25)3)38-31(40)20-6-11-23(35)12-7-20/h4-16,36H,34-35H2,1-3H3,(H,37,39)(H,38,40). The molecule has 0 heterocycles. The molecule has 4 rings (SSSR count). The smallest absolute Gasteiger partial charge is 0.255 e. The van der Waals surface area contributed by atoms with Gasteiger partial charge in [0.25, 0.3) is 11.8 Å². The first-order valence-corrected chi connectivity index (χ1v) is 13.2. The zero-order chi connectivity index (χ0) is 29.0. The van der Waals surface area contributed by atoms with Crippen LogP contribution in [0.4, 0.5) is 28.4 Å². The summed E-state index contributed by atoms with van der Waals surface area (Å²) < 4.78 is 0. The Hall–Kier alpha value is -4.46. The van der Waals surface area contributed by atoms with Crippen molar-refractivity contribution in [2.24, 2.45) is 0 Å². The lowest BCUT2D eigenvalue weighted by molar-refractivity contribution is 0.101.